The van der Waals surface area contributed by atoms with Crippen molar-refractivity contribution in [1.82, 2.24) is 15.5 Å². The Bertz CT molecular complexity index is 896. The van der Waals surface area contributed by atoms with E-state index in [9.17, 15) is 4.79 Å². The molecule has 0 radical (unpaired) electrons. The number of carbonyl (C=O) groups is 1. The molecule has 6 nitrogen and oxygen atoms in total. The molecule has 178 valence electrons. The zero-order valence-corrected chi connectivity index (χ0v) is 19.9. The quantitative estimate of drug-likeness (QED) is 0.614. The summed E-state index contributed by atoms with van der Waals surface area (Å²) in [7, 11) is 3.77. The third-order valence-electron chi connectivity index (χ3n) is 6.91. The van der Waals surface area contributed by atoms with Gasteiger partial charge in [0.1, 0.15) is 5.75 Å². The molecule has 2 atom stereocenters. The van der Waals surface area contributed by atoms with Gasteiger partial charge in [0.05, 0.1) is 13.0 Å². The number of nitrogens with one attached hydrogen (secondary N) is 2. The van der Waals surface area contributed by atoms with Crippen molar-refractivity contribution in [2.45, 2.75) is 37.8 Å². The molecular formula is C27H37N3O3. The van der Waals surface area contributed by atoms with Gasteiger partial charge in [0.25, 0.3) is 0 Å². The molecule has 33 heavy (non-hydrogen) atoms. The van der Waals surface area contributed by atoms with Crippen LogP contribution in [0.4, 0.5) is 0 Å². The molecule has 2 fully saturated rings. The Hall–Kier alpha value is -2.41. The summed E-state index contributed by atoms with van der Waals surface area (Å²) in [6.07, 6.45) is 2.97. The largest absolute Gasteiger partial charge is 0.497 e. The molecule has 2 aliphatic rings. The summed E-state index contributed by atoms with van der Waals surface area (Å²) >= 11 is 0. The molecule has 2 aromatic rings. The van der Waals surface area contributed by atoms with Crippen LogP contribution in [0.15, 0.2) is 48.5 Å². The van der Waals surface area contributed by atoms with Gasteiger partial charge in [-0.25, -0.2) is 0 Å². The van der Waals surface area contributed by atoms with Crippen LogP contribution in [0.2, 0.25) is 0 Å². The van der Waals surface area contributed by atoms with Crippen molar-refractivity contribution >= 4 is 5.91 Å². The Morgan fingerprint density at radius 1 is 1.09 bits per heavy atom. The first kappa shape index (κ1) is 23.7. The van der Waals surface area contributed by atoms with Gasteiger partial charge in [0.15, 0.2) is 0 Å². The lowest BCUT2D eigenvalue weighted by Gasteiger charge is -2.24. The minimum absolute atomic E-state index is 0.0235. The van der Waals surface area contributed by atoms with E-state index in [-0.39, 0.29) is 17.7 Å². The molecule has 4 rings (SSSR count). The van der Waals surface area contributed by atoms with E-state index in [1.165, 1.54) is 16.7 Å². The second-order valence-electron chi connectivity index (χ2n) is 9.34. The number of benzene rings is 2. The first-order valence-corrected chi connectivity index (χ1v) is 12.1. The van der Waals surface area contributed by atoms with Gasteiger partial charge in [0, 0.05) is 51.4 Å². The number of rotatable bonds is 9. The maximum Gasteiger partial charge on any atom is 0.225 e. The lowest BCUT2D eigenvalue weighted by atomic mass is 9.87. The predicted octanol–water partition coefficient (Wildman–Crippen LogP) is 2.97. The Morgan fingerprint density at radius 3 is 2.64 bits per heavy atom. The zero-order valence-electron chi connectivity index (χ0n) is 19.9. The Morgan fingerprint density at radius 2 is 1.88 bits per heavy atom. The molecule has 0 aliphatic carbocycles. The standard InChI is InChI=1S/C27H37N3O3/c1-30-18-25(22-5-3-4-21(16-22)17-29-23-11-14-33-15-12-23)26(19-30)27(31)28-13-10-20-6-8-24(32-2)9-7-20/h3-9,16,23,25-26,29H,10-15,17-19H2,1-2H3,(H,28,31)/t25-,26+/m0/s1. The number of methoxy groups -OCH3 is 1. The number of likely N-dealkylation sites (tertiary alicyclic amines) is 1. The van der Waals surface area contributed by atoms with E-state index in [0.29, 0.717) is 12.6 Å². The van der Waals surface area contributed by atoms with Crippen molar-refractivity contribution in [1.29, 1.82) is 0 Å². The van der Waals surface area contributed by atoms with Crippen LogP contribution in [0.25, 0.3) is 0 Å². The van der Waals surface area contributed by atoms with Crippen molar-refractivity contribution in [3.05, 3.63) is 65.2 Å². The fraction of sp³-hybridized carbons (Fsp3) is 0.519. The molecule has 2 N–H and O–H groups in total. The van der Waals surface area contributed by atoms with Crippen LogP contribution in [0, 0.1) is 5.92 Å². The van der Waals surface area contributed by atoms with Crippen molar-refractivity contribution in [3.8, 4) is 5.75 Å². The number of hydrogen-bond donors (Lipinski definition) is 2. The average molecular weight is 452 g/mol. The van der Waals surface area contributed by atoms with Crippen LogP contribution in [0.5, 0.6) is 5.75 Å². The normalized spacial score (nSPS) is 21.8. The third-order valence-corrected chi connectivity index (χ3v) is 6.91. The van der Waals surface area contributed by atoms with Crippen LogP contribution in [-0.4, -0.2) is 63.9 Å². The summed E-state index contributed by atoms with van der Waals surface area (Å²) in [6, 6.07) is 17.3. The third kappa shape index (κ3) is 6.56. The van der Waals surface area contributed by atoms with E-state index in [4.69, 9.17) is 9.47 Å². The van der Waals surface area contributed by atoms with Gasteiger partial charge in [-0.05, 0) is 55.1 Å². The summed E-state index contributed by atoms with van der Waals surface area (Å²) in [5, 5.41) is 6.86. The number of nitrogens with zero attached hydrogens (tertiary/aromatic N) is 1. The fourth-order valence-corrected chi connectivity index (χ4v) is 4.95. The molecule has 6 heteroatoms. The van der Waals surface area contributed by atoms with Crippen LogP contribution in [0.3, 0.4) is 0 Å². The summed E-state index contributed by atoms with van der Waals surface area (Å²) in [4.78, 5) is 15.4. The monoisotopic (exact) mass is 451 g/mol. The summed E-state index contributed by atoms with van der Waals surface area (Å²) in [5.41, 5.74) is 3.74. The zero-order chi connectivity index (χ0) is 23.0. The predicted molar refractivity (Wildman–Crippen MR) is 131 cm³/mol. The number of likely N-dealkylation sites (N-methyl/N-ethyl adjacent to an activating group) is 1. The lowest BCUT2D eigenvalue weighted by molar-refractivity contribution is -0.124. The minimum Gasteiger partial charge on any atom is -0.497 e. The van der Waals surface area contributed by atoms with Crippen molar-refractivity contribution < 1.29 is 14.3 Å². The maximum atomic E-state index is 13.1. The number of carbonyl (C=O) groups excluding carboxylic acids is 1. The van der Waals surface area contributed by atoms with Crippen LogP contribution >= 0.6 is 0 Å². The number of amides is 1. The van der Waals surface area contributed by atoms with Gasteiger partial charge >= 0.3 is 0 Å². The van der Waals surface area contributed by atoms with Gasteiger partial charge in [-0.2, -0.15) is 0 Å². The van der Waals surface area contributed by atoms with Gasteiger partial charge in [-0.15, -0.1) is 0 Å². The van der Waals surface area contributed by atoms with Crippen molar-refractivity contribution in [2.75, 3.05) is 47.0 Å². The molecule has 2 aromatic carbocycles. The minimum atomic E-state index is -0.0235. The molecule has 2 heterocycles. The van der Waals surface area contributed by atoms with E-state index < -0.39 is 0 Å². The van der Waals surface area contributed by atoms with Gasteiger partial charge in [-0.3, -0.25) is 4.79 Å². The van der Waals surface area contributed by atoms with Gasteiger partial charge in [-0.1, -0.05) is 36.4 Å². The van der Waals surface area contributed by atoms with Crippen molar-refractivity contribution in [2.24, 2.45) is 5.92 Å². The molecular weight excluding hydrogens is 414 g/mol. The highest BCUT2D eigenvalue weighted by atomic mass is 16.5. The average Bonchev–Trinajstić information content (AvgIpc) is 3.26. The highest BCUT2D eigenvalue weighted by molar-refractivity contribution is 5.80. The lowest BCUT2D eigenvalue weighted by Crippen LogP contribution is -2.35. The Balaban J connectivity index is 1.32. The van der Waals surface area contributed by atoms with E-state index in [1.54, 1.807) is 7.11 Å². The topological polar surface area (TPSA) is 62.8 Å². The number of ether oxygens (including phenoxy) is 2. The second-order valence-corrected chi connectivity index (χ2v) is 9.34. The van der Waals surface area contributed by atoms with Crippen LogP contribution in [-0.2, 0) is 22.5 Å². The van der Waals surface area contributed by atoms with Crippen molar-refractivity contribution in [3.63, 3.8) is 0 Å². The van der Waals surface area contributed by atoms with E-state index in [2.05, 4.69) is 59.0 Å². The smallest absolute Gasteiger partial charge is 0.225 e. The molecule has 1 amide bonds. The molecule has 0 unspecified atom stereocenters. The summed E-state index contributed by atoms with van der Waals surface area (Å²) < 4.78 is 10.7. The Kier molecular flexibility index (Phi) is 8.37. The molecule has 0 bridgehead atoms. The van der Waals surface area contributed by atoms with E-state index >= 15 is 0 Å². The molecule has 2 aliphatic heterocycles. The van der Waals surface area contributed by atoms with E-state index in [0.717, 1.165) is 57.9 Å². The SMILES string of the molecule is COc1ccc(CCNC(=O)[C@@H]2CN(C)C[C@H]2c2cccc(CNC3CCOCC3)c2)cc1. The highest BCUT2D eigenvalue weighted by Gasteiger charge is 2.36. The number of hydrogen-bond acceptors (Lipinski definition) is 5. The molecule has 0 aromatic heterocycles. The first-order valence-electron chi connectivity index (χ1n) is 12.1. The molecule has 2 saturated heterocycles. The molecule has 0 spiro atoms. The Labute approximate surface area is 197 Å². The second kappa shape index (κ2) is 11.6. The van der Waals surface area contributed by atoms with Crippen LogP contribution < -0.4 is 15.4 Å². The van der Waals surface area contributed by atoms with Gasteiger partial charge < -0.3 is 25.0 Å². The maximum absolute atomic E-state index is 13.1. The summed E-state index contributed by atoms with van der Waals surface area (Å²) in [5.74, 6) is 1.21. The fourth-order valence-electron chi connectivity index (χ4n) is 4.95. The first-order chi connectivity index (χ1) is 16.1. The highest BCUT2D eigenvalue weighted by Crippen LogP contribution is 2.32. The van der Waals surface area contributed by atoms with Gasteiger partial charge in [0.2, 0.25) is 5.91 Å². The molecule has 0 saturated carbocycles. The van der Waals surface area contributed by atoms with E-state index in [1.807, 2.05) is 12.1 Å². The summed E-state index contributed by atoms with van der Waals surface area (Å²) in [6.45, 7) is 4.91. The van der Waals surface area contributed by atoms with Crippen LogP contribution in [0.1, 0.15) is 35.4 Å².